The Hall–Kier alpha value is -2.49. The van der Waals surface area contributed by atoms with Crippen LogP contribution in [0.5, 0.6) is 11.5 Å². The molecule has 2 atom stereocenters. The lowest BCUT2D eigenvalue weighted by molar-refractivity contribution is -0.128. The highest BCUT2D eigenvalue weighted by Gasteiger charge is 2.35. The van der Waals surface area contributed by atoms with E-state index in [2.05, 4.69) is 5.32 Å². The fraction of sp³-hybridized carbons (Fsp3) is 0.409. The molecule has 1 aliphatic heterocycles. The topological polar surface area (TPSA) is 47.6 Å². The average Bonchev–Trinajstić information content (AvgIpc) is 2.53. The van der Waals surface area contributed by atoms with Crippen LogP contribution in [-0.2, 0) is 4.79 Å². The van der Waals surface area contributed by atoms with Crippen molar-refractivity contribution in [2.45, 2.75) is 58.8 Å². The molecular weight excluding hydrogens is 326 g/mol. The molecular formula is C22H27NO3. The Balaban J connectivity index is 1.74. The first-order valence-electron chi connectivity index (χ1n) is 9.07. The molecule has 26 heavy (non-hydrogen) atoms. The number of hydrogen-bond donors (Lipinski definition) is 1. The summed E-state index contributed by atoms with van der Waals surface area (Å²) in [5, 5.41) is 3.14. The molecule has 0 aliphatic carbocycles. The third kappa shape index (κ3) is 4.18. The second-order valence-electron chi connectivity index (χ2n) is 7.74. The van der Waals surface area contributed by atoms with Crippen molar-refractivity contribution in [2.24, 2.45) is 0 Å². The van der Waals surface area contributed by atoms with Crippen molar-refractivity contribution < 1.29 is 14.3 Å². The Morgan fingerprint density at radius 2 is 1.92 bits per heavy atom. The first-order valence-corrected chi connectivity index (χ1v) is 9.07. The quantitative estimate of drug-likeness (QED) is 0.881. The molecule has 1 N–H and O–H groups in total. The predicted molar refractivity (Wildman–Crippen MR) is 103 cm³/mol. The van der Waals surface area contributed by atoms with E-state index in [4.69, 9.17) is 9.47 Å². The van der Waals surface area contributed by atoms with Crippen LogP contribution in [0.1, 0.15) is 49.9 Å². The van der Waals surface area contributed by atoms with Gasteiger partial charge in [-0.2, -0.15) is 0 Å². The van der Waals surface area contributed by atoms with Crippen LogP contribution >= 0.6 is 0 Å². The number of carbonyl (C=O) groups is 1. The predicted octanol–water partition coefficient (Wildman–Crippen LogP) is 4.49. The number of aryl methyl sites for hydroxylation is 2. The van der Waals surface area contributed by atoms with Crippen LogP contribution in [0.15, 0.2) is 42.5 Å². The van der Waals surface area contributed by atoms with Gasteiger partial charge in [-0.05, 0) is 63.9 Å². The molecule has 2 aromatic carbocycles. The highest BCUT2D eigenvalue weighted by molar-refractivity contribution is 5.81. The molecule has 0 bridgehead atoms. The summed E-state index contributed by atoms with van der Waals surface area (Å²) in [5.41, 5.74) is 2.93. The highest BCUT2D eigenvalue weighted by atomic mass is 16.5. The van der Waals surface area contributed by atoms with E-state index in [1.807, 2.05) is 70.2 Å². The van der Waals surface area contributed by atoms with Crippen LogP contribution in [0.4, 0.5) is 0 Å². The van der Waals surface area contributed by atoms with Gasteiger partial charge in [0.05, 0.1) is 6.04 Å². The monoisotopic (exact) mass is 353 g/mol. The Labute approximate surface area is 155 Å². The zero-order chi connectivity index (χ0) is 18.9. The molecule has 4 heteroatoms. The van der Waals surface area contributed by atoms with Crippen molar-refractivity contribution in [1.29, 1.82) is 0 Å². The van der Waals surface area contributed by atoms with Crippen LogP contribution in [0.2, 0.25) is 0 Å². The molecule has 0 saturated heterocycles. The number of hydrogen-bond acceptors (Lipinski definition) is 3. The lowest BCUT2D eigenvalue weighted by Gasteiger charge is -2.38. The van der Waals surface area contributed by atoms with E-state index in [9.17, 15) is 4.79 Å². The summed E-state index contributed by atoms with van der Waals surface area (Å²) in [5.74, 6) is 1.43. The van der Waals surface area contributed by atoms with Gasteiger partial charge in [-0.25, -0.2) is 0 Å². The lowest BCUT2D eigenvalue weighted by atomic mass is 9.89. The number of ether oxygens (including phenoxy) is 2. The van der Waals surface area contributed by atoms with Crippen molar-refractivity contribution in [3.8, 4) is 11.5 Å². The molecule has 0 unspecified atom stereocenters. The summed E-state index contributed by atoms with van der Waals surface area (Å²) < 4.78 is 11.9. The van der Waals surface area contributed by atoms with Crippen molar-refractivity contribution in [3.05, 3.63) is 59.2 Å². The second-order valence-corrected chi connectivity index (χ2v) is 7.74. The third-order valence-corrected chi connectivity index (χ3v) is 4.61. The van der Waals surface area contributed by atoms with Gasteiger partial charge in [0.2, 0.25) is 0 Å². The van der Waals surface area contributed by atoms with Crippen LogP contribution in [0.3, 0.4) is 0 Å². The number of fused-ring (bicyclic) bond motifs is 1. The molecule has 0 aromatic heterocycles. The van der Waals surface area contributed by atoms with Crippen LogP contribution < -0.4 is 14.8 Å². The second kappa shape index (κ2) is 7.02. The summed E-state index contributed by atoms with van der Waals surface area (Å²) in [7, 11) is 0. The minimum atomic E-state index is -0.573. The molecule has 1 aliphatic rings. The average molecular weight is 353 g/mol. The van der Waals surface area contributed by atoms with Gasteiger partial charge in [0.15, 0.2) is 6.10 Å². The molecule has 0 fully saturated rings. The highest BCUT2D eigenvalue weighted by Crippen LogP contribution is 2.39. The zero-order valence-electron chi connectivity index (χ0n) is 16.1. The summed E-state index contributed by atoms with van der Waals surface area (Å²) in [6.45, 7) is 9.91. The molecule has 1 amide bonds. The van der Waals surface area contributed by atoms with Crippen molar-refractivity contribution in [1.82, 2.24) is 5.32 Å². The number of benzene rings is 2. The molecule has 2 aromatic rings. The van der Waals surface area contributed by atoms with E-state index < -0.39 is 6.10 Å². The van der Waals surface area contributed by atoms with Crippen molar-refractivity contribution >= 4 is 5.91 Å². The van der Waals surface area contributed by atoms with E-state index in [1.165, 1.54) is 0 Å². The first-order chi connectivity index (χ1) is 12.2. The third-order valence-electron chi connectivity index (χ3n) is 4.61. The fourth-order valence-corrected chi connectivity index (χ4v) is 3.32. The van der Waals surface area contributed by atoms with Gasteiger partial charge < -0.3 is 14.8 Å². The van der Waals surface area contributed by atoms with Crippen LogP contribution in [-0.4, -0.2) is 17.6 Å². The zero-order valence-corrected chi connectivity index (χ0v) is 16.1. The van der Waals surface area contributed by atoms with Gasteiger partial charge in [-0.1, -0.05) is 24.3 Å². The summed E-state index contributed by atoms with van der Waals surface area (Å²) in [4.78, 5) is 12.7. The molecule has 3 rings (SSSR count). The Morgan fingerprint density at radius 1 is 1.19 bits per heavy atom. The summed E-state index contributed by atoms with van der Waals surface area (Å²) in [6.07, 6.45) is 0.142. The first kappa shape index (κ1) is 18.3. The Bertz CT molecular complexity index is 813. The minimum absolute atomic E-state index is 0.0922. The van der Waals surface area contributed by atoms with Crippen molar-refractivity contribution in [3.63, 3.8) is 0 Å². The van der Waals surface area contributed by atoms with E-state index in [1.54, 1.807) is 6.92 Å². The Kier molecular flexibility index (Phi) is 4.94. The maximum atomic E-state index is 12.7. The fourth-order valence-electron chi connectivity index (χ4n) is 3.32. The van der Waals surface area contributed by atoms with Gasteiger partial charge >= 0.3 is 0 Å². The molecule has 1 heterocycles. The maximum Gasteiger partial charge on any atom is 0.261 e. The van der Waals surface area contributed by atoms with Gasteiger partial charge in [0.1, 0.15) is 17.1 Å². The molecule has 4 nitrogen and oxygen atoms in total. The normalized spacial score (nSPS) is 19.0. The number of carbonyl (C=O) groups excluding carboxylic acids is 1. The van der Waals surface area contributed by atoms with Crippen molar-refractivity contribution in [2.75, 3.05) is 0 Å². The van der Waals surface area contributed by atoms with Crippen LogP contribution in [0.25, 0.3) is 0 Å². The smallest absolute Gasteiger partial charge is 0.261 e. The van der Waals surface area contributed by atoms with Gasteiger partial charge in [-0.15, -0.1) is 0 Å². The van der Waals surface area contributed by atoms with E-state index >= 15 is 0 Å². The van der Waals surface area contributed by atoms with E-state index in [0.717, 1.165) is 22.4 Å². The SMILES string of the molecule is Cc1cccc(O[C@@H](C)C(=O)N[C@@H]2CC(C)(C)Oc3cc(C)ccc32)c1. The number of amides is 1. The summed E-state index contributed by atoms with van der Waals surface area (Å²) >= 11 is 0. The van der Waals surface area contributed by atoms with Gasteiger partial charge in [-0.3, -0.25) is 4.79 Å². The lowest BCUT2D eigenvalue weighted by Crippen LogP contribution is -2.44. The molecule has 0 saturated carbocycles. The number of nitrogens with one attached hydrogen (secondary N) is 1. The maximum absolute atomic E-state index is 12.7. The van der Waals surface area contributed by atoms with E-state index in [-0.39, 0.29) is 17.6 Å². The van der Waals surface area contributed by atoms with Gasteiger partial charge in [0.25, 0.3) is 5.91 Å². The molecule has 138 valence electrons. The van der Waals surface area contributed by atoms with Gasteiger partial charge in [0, 0.05) is 12.0 Å². The van der Waals surface area contributed by atoms with Crippen LogP contribution in [0, 0.1) is 13.8 Å². The molecule has 0 spiro atoms. The number of rotatable bonds is 4. The minimum Gasteiger partial charge on any atom is -0.487 e. The largest absolute Gasteiger partial charge is 0.487 e. The molecule has 0 radical (unpaired) electrons. The Morgan fingerprint density at radius 3 is 2.65 bits per heavy atom. The standard InChI is InChI=1S/C22H27NO3/c1-14-7-6-8-17(11-14)25-16(3)21(24)23-19-13-22(4,5)26-20-12-15(2)9-10-18(19)20/h6-12,16,19H,13H2,1-5H3,(H,23,24)/t16-,19+/m0/s1. The summed E-state index contributed by atoms with van der Waals surface area (Å²) in [6, 6.07) is 13.7. The van der Waals surface area contributed by atoms with E-state index in [0.29, 0.717) is 12.2 Å².